The highest BCUT2D eigenvalue weighted by Crippen LogP contribution is 2.33. The van der Waals surface area contributed by atoms with Crippen molar-refractivity contribution in [2.45, 2.75) is 25.0 Å². The van der Waals surface area contributed by atoms with Gasteiger partial charge in [0.05, 0.1) is 5.02 Å². The van der Waals surface area contributed by atoms with E-state index in [1.165, 1.54) is 18.2 Å². The molecule has 3 rings (SSSR count). The molecule has 0 amide bonds. The van der Waals surface area contributed by atoms with Gasteiger partial charge in [-0.2, -0.15) is 4.98 Å². The van der Waals surface area contributed by atoms with Gasteiger partial charge in [-0.3, -0.25) is 0 Å². The van der Waals surface area contributed by atoms with E-state index in [1.807, 2.05) is 0 Å². The lowest BCUT2D eigenvalue weighted by atomic mass is 10.2. The molecule has 110 valence electrons. The van der Waals surface area contributed by atoms with E-state index in [9.17, 15) is 9.18 Å². The van der Waals surface area contributed by atoms with E-state index in [0.717, 1.165) is 0 Å². The van der Waals surface area contributed by atoms with Crippen molar-refractivity contribution < 1.29 is 23.6 Å². The van der Waals surface area contributed by atoms with E-state index in [2.05, 4.69) is 10.1 Å². The number of ether oxygens (including phenoxy) is 1. The van der Waals surface area contributed by atoms with E-state index in [-0.39, 0.29) is 16.7 Å². The first-order valence-electron chi connectivity index (χ1n) is 6.22. The van der Waals surface area contributed by atoms with Gasteiger partial charge in [-0.25, -0.2) is 9.18 Å². The van der Waals surface area contributed by atoms with E-state index in [0.29, 0.717) is 18.4 Å². The first-order chi connectivity index (χ1) is 10.0. The Morgan fingerprint density at radius 3 is 2.90 bits per heavy atom. The fourth-order valence-corrected chi connectivity index (χ4v) is 2.30. The summed E-state index contributed by atoms with van der Waals surface area (Å²) in [4.78, 5) is 15.0. The van der Waals surface area contributed by atoms with Gasteiger partial charge in [0, 0.05) is 5.56 Å². The first-order valence-corrected chi connectivity index (χ1v) is 6.59. The molecule has 6 nitrogen and oxygen atoms in total. The number of aliphatic carboxylic acids is 1. The molecule has 0 saturated carbocycles. The largest absolute Gasteiger partial charge is 0.479 e. The third kappa shape index (κ3) is 2.74. The van der Waals surface area contributed by atoms with Gasteiger partial charge in [-0.15, -0.1) is 0 Å². The number of halogens is 2. The van der Waals surface area contributed by atoms with Crippen LogP contribution in [-0.4, -0.2) is 27.3 Å². The highest BCUT2D eigenvalue weighted by molar-refractivity contribution is 6.31. The quantitative estimate of drug-likeness (QED) is 0.938. The number of hydrogen-bond acceptors (Lipinski definition) is 5. The summed E-state index contributed by atoms with van der Waals surface area (Å²) in [5, 5.41) is 12.6. The smallest absolute Gasteiger partial charge is 0.332 e. The molecule has 0 aliphatic carbocycles. The normalized spacial score (nSPS) is 21.6. The van der Waals surface area contributed by atoms with Crippen LogP contribution in [0.3, 0.4) is 0 Å². The van der Waals surface area contributed by atoms with Gasteiger partial charge in [0.1, 0.15) is 11.9 Å². The minimum Gasteiger partial charge on any atom is -0.479 e. The Labute approximate surface area is 123 Å². The van der Waals surface area contributed by atoms with Crippen LogP contribution in [-0.2, 0) is 9.53 Å². The van der Waals surface area contributed by atoms with Crippen molar-refractivity contribution in [3.8, 4) is 11.4 Å². The minimum absolute atomic E-state index is 0.0399. The van der Waals surface area contributed by atoms with Crippen LogP contribution in [0, 0.1) is 5.82 Å². The van der Waals surface area contributed by atoms with Crippen LogP contribution >= 0.6 is 11.6 Å². The zero-order valence-electron chi connectivity index (χ0n) is 10.6. The van der Waals surface area contributed by atoms with Crippen LogP contribution in [0.15, 0.2) is 22.7 Å². The third-order valence-electron chi connectivity index (χ3n) is 3.19. The summed E-state index contributed by atoms with van der Waals surface area (Å²) in [5.41, 5.74) is 0.504. The molecular weight excluding hydrogens is 303 g/mol. The Bertz CT molecular complexity index is 691. The molecule has 0 spiro atoms. The lowest BCUT2D eigenvalue weighted by Crippen LogP contribution is -2.18. The monoisotopic (exact) mass is 312 g/mol. The number of hydrogen-bond donors (Lipinski definition) is 1. The standard InChI is InChI=1S/C13H10ClFN2O4/c14-7-5-6(1-2-8(7)15)11-16-12(21-17-11)9-3-4-10(20-9)13(18)19/h1-2,5,9-10H,3-4H2,(H,18,19). The zero-order chi connectivity index (χ0) is 15.0. The molecule has 2 unspecified atom stereocenters. The molecule has 1 aromatic carbocycles. The van der Waals surface area contributed by atoms with Gasteiger partial charge in [0.25, 0.3) is 5.89 Å². The van der Waals surface area contributed by atoms with Crippen molar-refractivity contribution in [2.75, 3.05) is 0 Å². The summed E-state index contributed by atoms with van der Waals surface area (Å²) in [6.07, 6.45) is -0.517. The van der Waals surface area contributed by atoms with Crippen molar-refractivity contribution in [1.29, 1.82) is 0 Å². The number of carboxylic acid groups (broad SMARTS) is 1. The van der Waals surface area contributed by atoms with Crippen LogP contribution in [0.5, 0.6) is 0 Å². The van der Waals surface area contributed by atoms with Gasteiger partial charge in [0.2, 0.25) is 5.82 Å². The van der Waals surface area contributed by atoms with Gasteiger partial charge in [-0.05, 0) is 31.0 Å². The predicted molar refractivity (Wildman–Crippen MR) is 69.2 cm³/mol. The van der Waals surface area contributed by atoms with Crippen LogP contribution in [0.25, 0.3) is 11.4 Å². The summed E-state index contributed by atoms with van der Waals surface area (Å²) in [5.74, 6) is -1.10. The van der Waals surface area contributed by atoms with E-state index in [1.54, 1.807) is 0 Å². The average Bonchev–Trinajstić information content (AvgIpc) is 3.09. The Morgan fingerprint density at radius 2 is 2.24 bits per heavy atom. The Hall–Kier alpha value is -1.99. The Balaban J connectivity index is 1.80. The van der Waals surface area contributed by atoms with Crippen molar-refractivity contribution in [3.63, 3.8) is 0 Å². The van der Waals surface area contributed by atoms with Gasteiger partial charge in [-0.1, -0.05) is 16.8 Å². The second-order valence-electron chi connectivity index (χ2n) is 4.61. The maximum atomic E-state index is 13.1. The summed E-state index contributed by atoms with van der Waals surface area (Å²) in [6, 6.07) is 4.08. The average molecular weight is 313 g/mol. The first kappa shape index (κ1) is 14.0. The number of rotatable bonds is 3. The van der Waals surface area contributed by atoms with Crippen molar-refractivity contribution in [3.05, 3.63) is 34.9 Å². The van der Waals surface area contributed by atoms with Gasteiger partial charge < -0.3 is 14.4 Å². The number of benzene rings is 1. The molecule has 2 atom stereocenters. The van der Waals surface area contributed by atoms with Crippen LogP contribution in [0.4, 0.5) is 4.39 Å². The lowest BCUT2D eigenvalue weighted by molar-refractivity contribution is -0.150. The Morgan fingerprint density at radius 1 is 1.43 bits per heavy atom. The SMILES string of the molecule is O=C(O)C1CCC(c2nc(-c3ccc(F)c(Cl)c3)no2)O1. The molecule has 1 aliphatic heterocycles. The van der Waals surface area contributed by atoms with Crippen molar-refractivity contribution in [2.24, 2.45) is 0 Å². The zero-order valence-corrected chi connectivity index (χ0v) is 11.4. The molecule has 2 heterocycles. The van der Waals surface area contributed by atoms with Crippen molar-refractivity contribution in [1.82, 2.24) is 10.1 Å². The van der Waals surface area contributed by atoms with Gasteiger partial charge in [0.15, 0.2) is 6.10 Å². The molecule has 1 saturated heterocycles. The predicted octanol–water partition coefficient (Wildman–Crippen LogP) is 2.83. The molecule has 21 heavy (non-hydrogen) atoms. The summed E-state index contributed by atoms with van der Waals surface area (Å²) >= 11 is 5.70. The topological polar surface area (TPSA) is 85.5 Å². The number of aromatic nitrogens is 2. The molecule has 0 bridgehead atoms. The van der Waals surface area contributed by atoms with E-state index in [4.69, 9.17) is 26.0 Å². The highest BCUT2D eigenvalue weighted by atomic mass is 35.5. The number of carboxylic acids is 1. The van der Waals surface area contributed by atoms with Crippen molar-refractivity contribution >= 4 is 17.6 Å². The third-order valence-corrected chi connectivity index (χ3v) is 3.48. The van der Waals surface area contributed by atoms with E-state index < -0.39 is 24.0 Å². The summed E-state index contributed by atoms with van der Waals surface area (Å²) < 4.78 is 23.5. The van der Waals surface area contributed by atoms with Gasteiger partial charge >= 0.3 is 5.97 Å². The molecule has 1 N–H and O–H groups in total. The number of carbonyl (C=O) groups is 1. The molecule has 1 fully saturated rings. The second-order valence-corrected chi connectivity index (χ2v) is 5.02. The maximum absolute atomic E-state index is 13.1. The second kappa shape index (κ2) is 5.42. The highest BCUT2D eigenvalue weighted by Gasteiger charge is 2.34. The lowest BCUT2D eigenvalue weighted by Gasteiger charge is -2.05. The molecule has 1 aromatic heterocycles. The summed E-state index contributed by atoms with van der Waals surface area (Å²) in [7, 11) is 0. The molecule has 0 radical (unpaired) electrons. The minimum atomic E-state index is -1.01. The fraction of sp³-hybridized carbons (Fsp3) is 0.308. The van der Waals surface area contributed by atoms with E-state index >= 15 is 0 Å². The number of nitrogens with zero attached hydrogens (tertiary/aromatic N) is 2. The van der Waals surface area contributed by atoms with Crippen LogP contribution in [0.2, 0.25) is 5.02 Å². The fourth-order valence-electron chi connectivity index (χ4n) is 2.12. The Kier molecular flexibility index (Phi) is 3.60. The molecular formula is C13H10ClFN2O4. The maximum Gasteiger partial charge on any atom is 0.332 e. The van der Waals surface area contributed by atoms with Crippen LogP contribution < -0.4 is 0 Å². The molecule has 1 aliphatic rings. The van der Waals surface area contributed by atoms with Crippen LogP contribution in [0.1, 0.15) is 24.8 Å². The summed E-state index contributed by atoms with van der Waals surface area (Å²) in [6.45, 7) is 0. The molecule has 8 heteroatoms. The molecule has 2 aromatic rings.